The first kappa shape index (κ1) is 15.2. The van der Waals surface area contributed by atoms with Crippen molar-refractivity contribution in [3.8, 4) is 11.5 Å². The number of oxazole rings is 1. The normalized spacial score (nSPS) is 16.7. The first-order valence-corrected chi connectivity index (χ1v) is 7.25. The summed E-state index contributed by atoms with van der Waals surface area (Å²) in [6.45, 7) is 0.585. The molecule has 0 spiro atoms. The summed E-state index contributed by atoms with van der Waals surface area (Å²) in [4.78, 5) is 28.0. The predicted molar refractivity (Wildman–Crippen MR) is 79.8 cm³/mol. The van der Waals surface area contributed by atoms with Crippen LogP contribution in [0.25, 0.3) is 11.5 Å². The topological polar surface area (TPSA) is 102 Å². The molecule has 0 bridgehead atoms. The maximum Gasteiger partial charge on any atom is 0.329 e. The smallest absolute Gasteiger partial charge is 0.329 e. The van der Waals surface area contributed by atoms with E-state index < -0.39 is 17.4 Å². The SMILES string of the molecule is O=C(NC1(C(=O)O)CCOCC1)c1coc(-c2ccccc2)n1. The summed E-state index contributed by atoms with van der Waals surface area (Å²) < 4.78 is 10.5. The van der Waals surface area contributed by atoms with Crippen molar-refractivity contribution in [2.75, 3.05) is 13.2 Å². The zero-order valence-electron chi connectivity index (χ0n) is 12.3. The fraction of sp³-hybridized carbons (Fsp3) is 0.312. The molecule has 1 amide bonds. The van der Waals surface area contributed by atoms with Crippen LogP contribution in [-0.4, -0.2) is 40.7 Å². The summed E-state index contributed by atoms with van der Waals surface area (Å²) in [6, 6.07) is 9.15. The largest absolute Gasteiger partial charge is 0.480 e. The fourth-order valence-corrected chi connectivity index (χ4v) is 2.48. The molecule has 2 N–H and O–H groups in total. The maximum absolute atomic E-state index is 12.3. The Bertz CT molecular complexity index is 704. The van der Waals surface area contributed by atoms with Gasteiger partial charge in [-0.1, -0.05) is 18.2 Å². The molecule has 7 heteroatoms. The van der Waals surface area contributed by atoms with Crippen molar-refractivity contribution in [1.82, 2.24) is 10.3 Å². The molecule has 23 heavy (non-hydrogen) atoms. The van der Waals surface area contributed by atoms with Crippen LogP contribution in [0, 0.1) is 0 Å². The second-order valence-electron chi connectivity index (χ2n) is 5.36. The molecule has 1 fully saturated rings. The molecular formula is C16H16N2O5. The minimum atomic E-state index is -1.32. The van der Waals surface area contributed by atoms with Crippen LogP contribution >= 0.6 is 0 Å². The number of carbonyl (C=O) groups excluding carboxylic acids is 1. The third kappa shape index (κ3) is 3.09. The van der Waals surface area contributed by atoms with Crippen LogP contribution in [0.2, 0.25) is 0 Å². The molecular weight excluding hydrogens is 300 g/mol. The van der Waals surface area contributed by atoms with Gasteiger partial charge < -0.3 is 19.6 Å². The molecule has 2 heterocycles. The number of amides is 1. The number of rotatable bonds is 4. The van der Waals surface area contributed by atoms with Crippen molar-refractivity contribution in [3.63, 3.8) is 0 Å². The molecule has 3 rings (SSSR count). The Morgan fingerprint density at radius 3 is 2.52 bits per heavy atom. The van der Waals surface area contributed by atoms with Gasteiger partial charge in [-0.15, -0.1) is 0 Å². The summed E-state index contributed by atoms with van der Waals surface area (Å²) in [5, 5.41) is 12.0. The molecule has 2 aromatic rings. The average molecular weight is 316 g/mol. The van der Waals surface area contributed by atoms with Gasteiger partial charge in [-0.3, -0.25) is 4.79 Å². The molecule has 0 radical (unpaired) electrons. The minimum absolute atomic E-state index is 0.0518. The Kier molecular flexibility index (Phi) is 4.12. The van der Waals surface area contributed by atoms with Crippen LogP contribution in [0.5, 0.6) is 0 Å². The predicted octanol–water partition coefficient (Wildman–Crippen LogP) is 1.71. The van der Waals surface area contributed by atoms with Gasteiger partial charge in [-0.2, -0.15) is 0 Å². The Morgan fingerprint density at radius 1 is 1.17 bits per heavy atom. The van der Waals surface area contributed by atoms with E-state index in [9.17, 15) is 14.7 Å². The summed E-state index contributed by atoms with van der Waals surface area (Å²) >= 11 is 0. The van der Waals surface area contributed by atoms with Gasteiger partial charge in [0.2, 0.25) is 5.89 Å². The van der Waals surface area contributed by atoms with Gasteiger partial charge in [0.05, 0.1) is 0 Å². The number of hydrogen-bond donors (Lipinski definition) is 2. The van der Waals surface area contributed by atoms with E-state index in [2.05, 4.69) is 10.3 Å². The fourth-order valence-electron chi connectivity index (χ4n) is 2.48. The Morgan fingerprint density at radius 2 is 1.87 bits per heavy atom. The van der Waals surface area contributed by atoms with Gasteiger partial charge in [0, 0.05) is 31.6 Å². The van der Waals surface area contributed by atoms with Gasteiger partial charge in [0.25, 0.3) is 5.91 Å². The van der Waals surface area contributed by atoms with Crippen molar-refractivity contribution in [2.45, 2.75) is 18.4 Å². The Labute approximate surface area is 132 Å². The Hall–Kier alpha value is -2.67. The van der Waals surface area contributed by atoms with Crippen LogP contribution in [-0.2, 0) is 9.53 Å². The number of aliphatic carboxylic acids is 1. The molecule has 7 nitrogen and oxygen atoms in total. The zero-order chi connectivity index (χ0) is 16.3. The number of ether oxygens (including phenoxy) is 1. The second kappa shape index (κ2) is 6.21. The number of nitrogens with zero attached hydrogens (tertiary/aromatic N) is 1. The summed E-state index contributed by atoms with van der Waals surface area (Å²) in [7, 11) is 0. The number of benzene rings is 1. The number of hydrogen-bond acceptors (Lipinski definition) is 5. The van der Waals surface area contributed by atoms with E-state index in [1.807, 2.05) is 30.3 Å². The number of aromatic nitrogens is 1. The zero-order valence-corrected chi connectivity index (χ0v) is 12.3. The minimum Gasteiger partial charge on any atom is -0.480 e. The lowest BCUT2D eigenvalue weighted by molar-refractivity contribution is -0.148. The summed E-state index contributed by atoms with van der Waals surface area (Å²) in [6.07, 6.45) is 1.67. The average Bonchev–Trinajstić information content (AvgIpc) is 3.06. The highest BCUT2D eigenvalue weighted by molar-refractivity contribution is 5.96. The monoisotopic (exact) mass is 316 g/mol. The molecule has 0 atom stereocenters. The number of carboxylic acids is 1. The van der Waals surface area contributed by atoms with Crippen molar-refractivity contribution >= 4 is 11.9 Å². The molecule has 1 aliphatic rings. The summed E-state index contributed by atoms with van der Waals surface area (Å²) in [5.74, 6) is -1.33. The van der Waals surface area contributed by atoms with E-state index >= 15 is 0 Å². The van der Waals surface area contributed by atoms with Gasteiger partial charge >= 0.3 is 5.97 Å². The van der Waals surface area contributed by atoms with Crippen molar-refractivity contribution < 1.29 is 23.8 Å². The summed E-state index contributed by atoms with van der Waals surface area (Å²) in [5.41, 5.74) is -0.525. The van der Waals surface area contributed by atoms with E-state index in [4.69, 9.17) is 9.15 Å². The molecule has 0 aliphatic carbocycles. The van der Waals surface area contributed by atoms with Crippen LogP contribution in [0.3, 0.4) is 0 Å². The molecule has 1 saturated heterocycles. The van der Waals surface area contributed by atoms with Gasteiger partial charge in [-0.25, -0.2) is 9.78 Å². The van der Waals surface area contributed by atoms with Crippen molar-refractivity contribution in [1.29, 1.82) is 0 Å². The van der Waals surface area contributed by atoms with Gasteiger partial charge in [0.1, 0.15) is 11.8 Å². The van der Waals surface area contributed by atoms with E-state index in [1.165, 1.54) is 6.26 Å². The highest BCUT2D eigenvalue weighted by Crippen LogP contribution is 2.23. The second-order valence-corrected chi connectivity index (χ2v) is 5.36. The first-order chi connectivity index (χ1) is 11.1. The molecule has 0 unspecified atom stereocenters. The third-order valence-electron chi connectivity index (χ3n) is 3.87. The van der Waals surface area contributed by atoms with E-state index in [0.29, 0.717) is 19.1 Å². The molecule has 0 saturated carbocycles. The lowest BCUT2D eigenvalue weighted by Crippen LogP contribution is -2.57. The van der Waals surface area contributed by atoms with Crippen molar-refractivity contribution in [3.05, 3.63) is 42.3 Å². The van der Waals surface area contributed by atoms with E-state index in [1.54, 1.807) is 0 Å². The number of carbonyl (C=O) groups is 2. The lowest BCUT2D eigenvalue weighted by atomic mass is 9.90. The van der Waals surface area contributed by atoms with E-state index in [-0.39, 0.29) is 18.5 Å². The quantitative estimate of drug-likeness (QED) is 0.890. The Balaban J connectivity index is 1.78. The highest BCUT2D eigenvalue weighted by atomic mass is 16.5. The van der Waals surface area contributed by atoms with Crippen LogP contribution in [0.1, 0.15) is 23.3 Å². The van der Waals surface area contributed by atoms with Crippen LogP contribution in [0.4, 0.5) is 0 Å². The molecule has 1 aliphatic heterocycles. The molecule has 120 valence electrons. The van der Waals surface area contributed by atoms with Gasteiger partial charge in [-0.05, 0) is 12.1 Å². The highest BCUT2D eigenvalue weighted by Gasteiger charge is 2.42. The molecule has 1 aromatic carbocycles. The maximum atomic E-state index is 12.3. The van der Waals surface area contributed by atoms with Crippen LogP contribution in [0.15, 0.2) is 41.0 Å². The third-order valence-corrected chi connectivity index (χ3v) is 3.87. The standard InChI is InChI=1S/C16H16N2O5/c19-13(18-16(15(20)21)6-8-22-9-7-16)12-10-23-14(17-12)11-4-2-1-3-5-11/h1-5,10H,6-9H2,(H,18,19)(H,20,21). The van der Waals surface area contributed by atoms with Gasteiger partial charge in [0.15, 0.2) is 5.69 Å². The van der Waals surface area contributed by atoms with E-state index in [0.717, 1.165) is 5.56 Å². The van der Waals surface area contributed by atoms with Crippen LogP contribution < -0.4 is 5.32 Å². The number of carboxylic acid groups (broad SMARTS) is 1. The lowest BCUT2D eigenvalue weighted by Gasteiger charge is -2.33. The number of nitrogens with one attached hydrogen (secondary N) is 1. The first-order valence-electron chi connectivity index (χ1n) is 7.25. The molecule has 1 aromatic heterocycles. The van der Waals surface area contributed by atoms with Crippen molar-refractivity contribution in [2.24, 2.45) is 0 Å².